The van der Waals surface area contributed by atoms with Crippen LogP contribution in [-0.4, -0.2) is 28.1 Å². The van der Waals surface area contributed by atoms with E-state index < -0.39 is 26.6 Å². The van der Waals surface area contributed by atoms with Crippen LogP contribution in [0.5, 0.6) is 0 Å². The first-order valence-corrected chi connectivity index (χ1v) is 7.31. The van der Waals surface area contributed by atoms with E-state index in [9.17, 15) is 17.2 Å². The Hall–Kier alpha value is -1.02. The predicted octanol–water partition coefficient (Wildman–Crippen LogP) is 1.58. The van der Waals surface area contributed by atoms with Gasteiger partial charge in [-0.05, 0) is 31.2 Å². The number of nitrogens with one attached hydrogen (secondary N) is 2. The summed E-state index contributed by atoms with van der Waals surface area (Å²) in [5.41, 5.74) is 0.930. The predicted molar refractivity (Wildman–Crippen MR) is 74.4 cm³/mol. The van der Waals surface area contributed by atoms with E-state index in [1.807, 2.05) is 6.08 Å². The van der Waals surface area contributed by atoms with E-state index in [0.29, 0.717) is 12.6 Å². The average Bonchev–Trinajstić information content (AvgIpc) is 2.40. The summed E-state index contributed by atoms with van der Waals surface area (Å²) in [5.74, 6) is -1.75. The van der Waals surface area contributed by atoms with Crippen molar-refractivity contribution in [2.24, 2.45) is 0 Å². The third-order valence-corrected chi connectivity index (χ3v) is 4.25. The maximum absolute atomic E-state index is 13.4. The second-order valence-corrected chi connectivity index (χ2v) is 5.95. The zero-order valence-electron chi connectivity index (χ0n) is 10.5. The standard InChI is InChI=1S/C12H14F2N2O2S.ClH/c13-10-1-2-11(14)12(7-10)19(17,18)16-8-9-3-5-15-6-4-9;/h1-3,7,15-16H,4-6,8H2;1H. The van der Waals surface area contributed by atoms with E-state index in [2.05, 4.69) is 10.0 Å². The van der Waals surface area contributed by atoms with E-state index >= 15 is 0 Å². The monoisotopic (exact) mass is 324 g/mol. The molecule has 1 aliphatic heterocycles. The topological polar surface area (TPSA) is 58.2 Å². The van der Waals surface area contributed by atoms with E-state index in [4.69, 9.17) is 0 Å². The number of halogens is 3. The summed E-state index contributed by atoms with van der Waals surface area (Å²) in [6.07, 6.45) is 2.61. The first-order valence-electron chi connectivity index (χ1n) is 5.82. The van der Waals surface area contributed by atoms with Crippen molar-refractivity contribution in [3.8, 4) is 0 Å². The summed E-state index contributed by atoms with van der Waals surface area (Å²) in [5, 5.41) is 3.10. The number of benzene rings is 1. The molecule has 1 heterocycles. The van der Waals surface area contributed by atoms with E-state index in [-0.39, 0.29) is 19.0 Å². The largest absolute Gasteiger partial charge is 0.313 e. The molecule has 0 saturated carbocycles. The molecular weight excluding hydrogens is 310 g/mol. The second kappa shape index (κ2) is 7.12. The maximum atomic E-state index is 13.4. The lowest BCUT2D eigenvalue weighted by atomic mass is 10.1. The highest BCUT2D eigenvalue weighted by atomic mass is 35.5. The quantitative estimate of drug-likeness (QED) is 0.827. The molecule has 0 aromatic heterocycles. The van der Waals surface area contributed by atoms with E-state index in [1.165, 1.54) is 0 Å². The van der Waals surface area contributed by atoms with Crippen LogP contribution in [0.1, 0.15) is 6.42 Å². The van der Waals surface area contributed by atoms with Gasteiger partial charge in [-0.1, -0.05) is 11.6 Å². The molecule has 2 rings (SSSR count). The molecular formula is C12H15ClF2N2O2S. The van der Waals surface area contributed by atoms with Crippen molar-refractivity contribution in [3.05, 3.63) is 41.5 Å². The minimum Gasteiger partial charge on any atom is -0.313 e. The van der Waals surface area contributed by atoms with Crippen LogP contribution in [0.4, 0.5) is 8.78 Å². The normalized spacial score (nSPS) is 15.4. The Labute approximate surface area is 122 Å². The summed E-state index contributed by atoms with van der Waals surface area (Å²) in [4.78, 5) is -0.665. The van der Waals surface area contributed by atoms with Gasteiger partial charge < -0.3 is 5.32 Å². The minimum atomic E-state index is -4.04. The molecule has 0 saturated heterocycles. The van der Waals surface area contributed by atoms with Crippen molar-refractivity contribution in [2.45, 2.75) is 11.3 Å². The third-order valence-electron chi connectivity index (χ3n) is 2.83. The lowest BCUT2D eigenvalue weighted by molar-refractivity contribution is 0.546. The molecule has 0 bridgehead atoms. The van der Waals surface area contributed by atoms with Gasteiger partial charge in [0.15, 0.2) is 0 Å². The Bertz CT molecular complexity index is 605. The highest BCUT2D eigenvalue weighted by molar-refractivity contribution is 7.89. The Morgan fingerprint density at radius 2 is 2.05 bits per heavy atom. The number of rotatable bonds is 4. The van der Waals surface area contributed by atoms with Gasteiger partial charge in [0.2, 0.25) is 10.0 Å². The van der Waals surface area contributed by atoms with Crippen LogP contribution in [0, 0.1) is 11.6 Å². The fourth-order valence-corrected chi connectivity index (χ4v) is 2.90. The van der Waals surface area contributed by atoms with Gasteiger partial charge >= 0.3 is 0 Å². The number of hydrogen-bond acceptors (Lipinski definition) is 3. The van der Waals surface area contributed by atoms with Crippen LogP contribution in [-0.2, 0) is 10.0 Å². The van der Waals surface area contributed by atoms with Gasteiger partial charge in [0, 0.05) is 13.1 Å². The third kappa shape index (κ3) is 4.24. The minimum absolute atomic E-state index is 0. The first kappa shape index (κ1) is 17.0. The molecule has 1 aromatic carbocycles. The van der Waals surface area contributed by atoms with Gasteiger partial charge in [0.25, 0.3) is 0 Å². The summed E-state index contributed by atoms with van der Waals surface area (Å²) >= 11 is 0. The molecule has 8 heteroatoms. The molecule has 0 unspecified atom stereocenters. The highest BCUT2D eigenvalue weighted by Gasteiger charge is 2.20. The van der Waals surface area contributed by atoms with Gasteiger partial charge in [-0.2, -0.15) is 0 Å². The molecule has 0 amide bonds. The van der Waals surface area contributed by atoms with Gasteiger partial charge in [0.05, 0.1) is 0 Å². The lowest BCUT2D eigenvalue weighted by Gasteiger charge is -2.15. The molecule has 20 heavy (non-hydrogen) atoms. The Kier molecular flexibility index (Phi) is 6.07. The molecule has 2 N–H and O–H groups in total. The number of hydrogen-bond donors (Lipinski definition) is 2. The molecule has 112 valence electrons. The lowest BCUT2D eigenvalue weighted by Crippen LogP contribution is -2.30. The molecule has 0 radical (unpaired) electrons. The van der Waals surface area contributed by atoms with Gasteiger partial charge in [-0.3, -0.25) is 0 Å². The summed E-state index contributed by atoms with van der Waals surface area (Å²) < 4.78 is 52.5. The van der Waals surface area contributed by atoms with Crippen LogP contribution in [0.2, 0.25) is 0 Å². The van der Waals surface area contributed by atoms with Crippen molar-refractivity contribution in [3.63, 3.8) is 0 Å². The van der Waals surface area contributed by atoms with Crippen LogP contribution in [0.15, 0.2) is 34.7 Å². The Morgan fingerprint density at radius 3 is 2.70 bits per heavy atom. The molecule has 0 spiro atoms. The van der Waals surface area contributed by atoms with Crippen molar-refractivity contribution in [1.82, 2.24) is 10.0 Å². The van der Waals surface area contributed by atoms with Crippen molar-refractivity contribution in [2.75, 3.05) is 19.6 Å². The van der Waals surface area contributed by atoms with Crippen LogP contribution in [0.3, 0.4) is 0 Å². The van der Waals surface area contributed by atoms with Crippen molar-refractivity contribution in [1.29, 1.82) is 0 Å². The van der Waals surface area contributed by atoms with E-state index in [1.54, 1.807) is 0 Å². The van der Waals surface area contributed by atoms with Gasteiger partial charge in [-0.25, -0.2) is 21.9 Å². The fourth-order valence-electron chi connectivity index (χ4n) is 1.78. The summed E-state index contributed by atoms with van der Waals surface area (Å²) in [7, 11) is -4.04. The molecule has 0 atom stereocenters. The van der Waals surface area contributed by atoms with Crippen LogP contribution < -0.4 is 10.0 Å². The SMILES string of the molecule is Cl.O=S(=O)(NCC1=CCNCC1)c1cc(F)ccc1F. The zero-order valence-corrected chi connectivity index (χ0v) is 12.2. The maximum Gasteiger partial charge on any atom is 0.243 e. The Morgan fingerprint density at radius 1 is 1.30 bits per heavy atom. The van der Waals surface area contributed by atoms with Crippen LogP contribution in [0.25, 0.3) is 0 Å². The molecule has 0 aliphatic carbocycles. The van der Waals surface area contributed by atoms with E-state index in [0.717, 1.165) is 30.7 Å². The number of sulfonamides is 1. The first-order chi connectivity index (χ1) is 8.99. The fraction of sp³-hybridized carbons (Fsp3) is 0.333. The van der Waals surface area contributed by atoms with Crippen LogP contribution >= 0.6 is 12.4 Å². The van der Waals surface area contributed by atoms with Crippen molar-refractivity contribution < 1.29 is 17.2 Å². The molecule has 4 nitrogen and oxygen atoms in total. The Balaban J connectivity index is 0.00000200. The molecule has 0 fully saturated rings. The highest BCUT2D eigenvalue weighted by Crippen LogP contribution is 2.16. The van der Waals surface area contributed by atoms with Gasteiger partial charge in [0.1, 0.15) is 16.5 Å². The average molecular weight is 325 g/mol. The second-order valence-electron chi connectivity index (χ2n) is 4.22. The molecule has 1 aromatic rings. The molecule has 1 aliphatic rings. The summed E-state index contributed by atoms with van der Waals surface area (Å²) in [6.45, 7) is 1.58. The smallest absolute Gasteiger partial charge is 0.243 e. The van der Waals surface area contributed by atoms with Crippen molar-refractivity contribution >= 4 is 22.4 Å². The summed E-state index contributed by atoms with van der Waals surface area (Å²) in [6, 6.07) is 2.35. The zero-order chi connectivity index (χ0) is 13.9. The van der Waals surface area contributed by atoms with Gasteiger partial charge in [-0.15, -0.1) is 12.4 Å².